The molecule has 0 bridgehead atoms. The van der Waals surface area contributed by atoms with E-state index in [1.54, 1.807) is 14.0 Å². The fourth-order valence-electron chi connectivity index (χ4n) is 4.29. The smallest absolute Gasteiger partial charge is 0.219 e. The van der Waals surface area contributed by atoms with Crippen LogP contribution in [0, 0.1) is 12.8 Å². The zero-order valence-electron chi connectivity index (χ0n) is 16.0. The lowest BCUT2D eigenvalue weighted by molar-refractivity contribution is -0.130. The van der Waals surface area contributed by atoms with E-state index in [4.69, 9.17) is 4.74 Å². The Morgan fingerprint density at radius 3 is 2.56 bits per heavy atom. The molecule has 0 aromatic heterocycles. The molecule has 2 atom stereocenters. The SMILES string of the molecule is COc1ccc(C)cc1CN1C[C@@H](N2CCN(C(C)=O)CC2)[C@@H](C)C1. The van der Waals surface area contributed by atoms with Crippen LogP contribution >= 0.6 is 0 Å². The number of methoxy groups -OCH3 is 1. The molecule has 2 fully saturated rings. The van der Waals surface area contributed by atoms with Gasteiger partial charge in [0.05, 0.1) is 7.11 Å². The molecule has 25 heavy (non-hydrogen) atoms. The second-order valence-corrected chi connectivity index (χ2v) is 7.60. The molecule has 0 aliphatic carbocycles. The summed E-state index contributed by atoms with van der Waals surface area (Å²) in [5, 5.41) is 0. The van der Waals surface area contributed by atoms with Crippen molar-refractivity contribution in [2.75, 3.05) is 46.4 Å². The summed E-state index contributed by atoms with van der Waals surface area (Å²) in [5.41, 5.74) is 2.55. The molecule has 5 nitrogen and oxygen atoms in total. The standard InChI is InChI=1S/C20H31N3O2/c1-15-5-6-20(25-4)18(11-15)13-21-12-16(2)19(14-21)23-9-7-22(8-10-23)17(3)24/h5-6,11,16,19H,7-10,12-14H2,1-4H3/t16-,19+/m0/s1. The molecule has 5 heteroatoms. The van der Waals surface area contributed by atoms with Gasteiger partial charge in [-0.2, -0.15) is 0 Å². The average Bonchev–Trinajstić information content (AvgIpc) is 2.95. The van der Waals surface area contributed by atoms with Crippen LogP contribution in [0.3, 0.4) is 0 Å². The van der Waals surface area contributed by atoms with E-state index in [9.17, 15) is 4.79 Å². The molecule has 2 saturated heterocycles. The molecule has 1 amide bonds. The molecule has 0 unspecified atom stereocenters. The first-order chi connectivity index (χ1) is 12.0. The third-order valence-corrected chi connectivity index (χ3v) is 5.71. The molecule has 2 heterocycles. The highest BCUT2D eigenvalue weighted by atomic mass is 16.5. The Balaban J connectivity index is 1.60. The first kappa shape index (κ1) is 18.2. The summed E-state index contributed by atoms with van der Waals surface area (Å²) in [7, 11) is 1.75. The molecule has 0 saturated carbocycles. The maximum absolute atomic E-state index is 11.5. The van der Waals surface area contributed by atoms with E-state index in [1.165, 1.54) is 11.1 Å². The first-order valence-electron chi connectivity index (χ1n) is 9.33. The molecular formula is C20H31N3O2. The van der Waals surface area contributed by atoms with Crippen molar-refractivity contribution in [1.29, 1.82) is 0 Å². The zero-order valence-corrected chi connectivity index (χ0v) is 16.0. The van der Waals surface area contributed by atoms with Crippen molar-refractivity contribution in [1.82, 2.24) is 14.7 Å². The monoisotopic (exact) mass is 345 g/mol. The fourth-order valence-corrected chi connectivity index (χ4v) is 4.29. The van der Waals surface area contributed by atoms with E-state index >= 15 is 0 Å². The second kappa shape index (κ2) is 7.75. The number of carbonyl (C=O) groups is 1. The molecule has 1 aromatic carbocycles. The number of hydrogen-bond acceptors (Lipinski definition) is 4. The fraction of sp³-hybridized carbons (Fsp3) is 0.650. The lowest BCUT2D eigenvalue weighted by atomic mass is 10.0. The Bertz CT molecular complexity index is 611. The summed E-state index contributed by atoms with van der Waals surface area (Å²) < 4.78 is 5.54. The van der Waals surface area contributed by atoms with Crippen molar-refractivity contribution >= 4 is 5.91 Å². The highest BCUT2D eigenvalue weighted by molar-refractivity contribution is 5.73. The maximum Gasteiger partial charge on any atom is 0.219 e. The lowest BCUT2D eigenvalue weighted by Crippen LogP contribution is -2.53. The van der Waals surface area contributed by atoms with E-state index in [-0.39, 0.29) is 5.91 Å². The predicted molar refractivity (Wildman–Crippen MR) is 99.8 cm³/mol. The number of piperazine rings is 1. The van der Waals surface area contributed by atoms with E-state index in [0.29, 0.717) is 12.0 Å². The number of hydrogen-bond donors (Lipinski definition) is 0. The minimum atomic E-state index is 0.201. The van der Waals surface area contributed by atoms with Gasteiger partial charge in [-0.25, -0.2) is 0 Å². The number of aryl methyl sites for hydroxylation is 1. The Morgan fingerprint density at radius 1 is 1.20 bits per heavy atom. The van der Waals surface area contributed by atoms with Crippen molar-refractivity contribution in [3.05, 3.63) is 29.3 Å². The summed E-state index contributed by atoms with van der Waals surface area (Å²) >= 11 is 0. The molecule has 1 aromatic rings. The molecule has 138 valence electrons. The van der Waals surface area contributed by atoms with Crippen LogP contribution in [0.4, 0.5) is 0 Å². The third-order valence-electron chi connectivity index (χ3n) is 5.71. The molecule has 3 rings (SSSR count). The van der Waals surface area contributed by atoms with Crippen molar-refractivity contribution in [2.24, 2.45) is 5.92 Å². The summed E-state index contributed by atoms with van der Waals surface area (Å²) in [6, 6.07) is 7.00. The van der Waals surface area contributed by atoms with Gasteiger partial charge in [-0.1, -0.05) is 24.6 Å². The summed E-state index contributed by atoms with van der Waals surface area (Å²) in [4.78, 5) is 18.6. The average molecular weight is 345 g/mol. The Hall–Kier alpha value is -1.59. The minimum Gasteiger partial charge on any atom is -0.496 e. The number of amides is 1. The van der Waals surface area contributed by atoms with Gasteiger partial charge in [0.1, 0.15) is 5.75 Å². The maximum atomic E-state index is 11.5. The van der Waals surface area contributed by atoms with E-state index in [1.807, 2.05) is 4.90 Å². The Kier molecular flexibility index (Phi) is 5.64. The van der Waals surface area contributed by atoms with Gasteiger partial charge in [0, 0.05) is 64.3 Å². The normalized spacial score (nSPS) is 25.4. The summed E-state index contributed by atoms with van der Waals surface area (Å²) in [5.74, 6) is 1.84. The molecule has 2 aliphatic heterocycles. The van der Waals surface area contributed by atoms with Crippen molar-refractivity contribution in [3.8, 4) is 5.75 Å². The highest BCUT2D eigenvalue weighted by Crippen LogP contribution is 2.27. The van der Waals surface area contributed by atoms with E-state index < -0.39 is 0 Å². The van der Waals surface area contributed by atoms with E-state index in [0.717, 1.165) is 51.6 Å². The Labute approximate surface area is 151 Å². The van der Waals surface area contributed by atoms with Crippen LogP contribution in [-0.2, 0) is 11.3 Å². The lowest BCUT2D eigenvalue weighted by Gasteiger charge is -2.39. The van der Waals surface area contributed by atoms with Crippen molar-refractivity contribution < 1.29 is 9.53 Å². The molecular weight excluding hydrogens is 314 g/mol. The van der Waals surface area contributed by atoms with Gasteiger partial charge in [0.2, 0.25) is 5.91 Å². The zero-order chi connectivity index (χ0) is 18.0. The number of nitrogens with zero attached hydrogens (tertiary/aromatic N) is 3. The summed E-state index contributed by atoms with van der Waals surface area (Å²) in [6.45, 7) is 13.0. The van der Waals surface area contributed by atoms with Gasteiger partial charge in [-0.05, 0) is 18.9 Å². The number of rotatable bonds is 4. The van der Waals surface area contributed by atoms with Crippen LogP contribution in [0.15, 0.2) is 18.2 Å². The second-order valence-electron chi connectivity index (χ2n) is 7.60. The van der Waals surface area contributed by atoms with Crippen LogP contribution in [0.1, 0.15) is 25.0 Å². The number of ether oxygens (including phenoxy) is 1. The topological polar surface area (TPSA) is 36.0 Å². The van der Waals surface area contributed by atoms with Gasteiger partial charge in [0.15, 0.2) is 0 Å². The van der Waals surface area contributed by atoms with Gasteiger partial charge in [0.25, 0.3) is 0 Å². The van der Waals surface area contributed by atoms with E-state index in [2.05, 4.69) is 41.8 Å². The predicted octanol–water partition coefficient (Wildman–Crippen LogP) is 1.99. The number of benzene rings is 1. The van der Waals surface area contributed by atoms with Crippen molar-refractivity contribution in [2.45, 2.75) is 33.4 Å². The highest BCUT2D eigenvalue weighted by Gasteiger charge is 2.35. The first-order valence-corrected chi connectivity index (χ1v) is 9.33. The Morgan fingerprint density at radius 2 is 1.92 bits per heavy atom. The summed E-state index contributed by atoms with van der Waals surface area (Å²) in [6.07, 6.45) is 0. The largest absolute Gasteiger partial charge is 0.496 e. The number of carbonyl (C=O) groups excluding carboxylic acids is 1. The molecule has 0 spiro atoms. The van der Waals surface area contributed by atoms with Crippen LogP contribution in [0.25, 0.3) is 0 Å². The molecule has 0 N–H and O–H groups in total. The van der Waals surface area contributed by atoms with Gasteiger partial charge < -0.3 is 9.64 Å². The van der Waals surface area contributed by atoms with Crippen LogP contribution in [-0.4, -0.2) is 73.0 Å². The van der Waals surface area contributed by atoms with Gasteiger partial charge in [-0.3, -0.25) is 14.6 Å². The van der Waals surface area contributed by atoms with Gasteiger partial charge in [-0.15, -0.1) is 0 Å². The quantitative estimate of drug-likeness (QED) is 0.836. The molecule has 0 radical (unpaired) electrons. The van der Waals surface area contributed by atoms with Crippen LogP contribution in [0.2, 0.25) is 0 Å². The minimum absolute atomic E-state index is 0.201. The third kappa shape index (κ3) is 4.15. The van der Waals surface area contributed by atoms with Crippen LogP contribution < -0.4 is 4.74 Å². The van der Waals surface area contributed by atoms with Crippen molar-refractivity contribution in [3.63, 3.8) is 0 Å². The van der Waals surface area contributed by atoms with Gasteiger partial charge >= 0.3 is 0 Å². The molecule has 2 aliphatic rings. The number of likely N-dealkylation sites (tertiary alicyclic amines) is 1. The van der Waals surface area contributed by atoms with Crippen LogP contribution in [0.5, 0.6) is 5.75 Å².